The van der Waals surface area contributed by atoms with Crippen molar-refractivity contribution in [3.63, 3.8) is 0 Å². The number of carbonyl (C=O) groups is 1. The maximum absolute atomic E-state index is 11.9. The van der Waals surface area contributed by atoms with E-state index in [-0.39, 0.29) is 11.8 Å². The van der Waals surface area contributed by atoms with Crippen LogP contribution in [-0.4, -0.2) is 24.3 Å². The number of nitrogens with zero attached hydrogens (tertiary/aromatic N) is 1. The van der Waals surface area contributed by atoms with Crippen LogP contribution in [0.2, 0.25) is 10.0 Å². The van der Waals surface area contributed by atoms with E-state index in [9.17, 15) is 4.79 Å². The predicted molar refractivity (Wildman–Crippen MR) is 116 cm³/mol. The molecule has 3 rings (SSSR count). The van der Waals surface area contributed by atoms with Crippen LogP contribution in [0.15, 0.2) is 40.2 Å². The van der Waals surface area contributed by atoms with Crippen molar-refractivity contribution in [2.45, 2.75) is 13.8 Å². The number of aliphatic imine (C=N–C) groups is 1. The molecule has 0 saturated carbocycles. The molecule has 146 valence electrons. The topological polar surface area (TPSA) is 73.9 Å². The number of amidine groups is 1. The Balaban J connectivity index is 1.73. The van der Waals surface area contributed by atoms with Crippen molar-refractivity contribution in [2.24, 2.45) is 10.7 Å². The molecule has 2 aromatic rings. The van der Waals surface area contributed by atoms with Crippen LogP contribution < -0.4 is 15.2 Å². The van der Waals surface area contributed by atoms with E-state index in [0.29, 0.717) is 32.9 Å². The van der Waals surface area contributed by atoms with E-state index < -0.39 is 5.91 Å². The van der Waals surface area contributed by atoms with Crippen LogP contribution in [0.5, 0.6) is 11.5 Å². The molecule has 0 fully saturated rings. The number of para-hydroxylation sites is 1. The lowest BCUT2D eigenvalue weighted by Crippen LogP contribution is -2.11. The monoisotopic (exact) mass is 436 g/mol. The second-order valence-corrected chi connectivity index (χ2v) is 8.00. The molecule has 0 aliphatic carbocycles. The molecule has 0 spiro atoms. The van der Waals surface area contributed by atoms with Gasteiger partial charge in [0.25, 0.3) is 5.91 Å². The third-order valence-corrected chi connectivity index (χ3v) is 5.26. The zero-order chi connectivity index (χ0) is 20.3. The molecule has 1 amide bonds. The highest BCUT2D eigenvalue weighted by Crippen LogP contribution is 2.36. The molecule has 1 aliphatic heterocycles. The van der Waals surface area contributed by atoms with Crippen molar-refractivity contribution in [2.75, 3.05) is 13.2 Å². The lowest BCUT2D eigenvalue weighted by molar-refractivity contribution is -0.113. The van der Waals surface area contributed by atoms with E-state index in [1.54, 1.807) is 18.2 Å². The minimum absolute atomic E-state index is 0.203. The van der Waals surface area contributed by atoms with Gasteiger partial charge in [-0.2, -0.15) is 4.99 Å². The first-order chi connectivity index (χ1) is 13.3. The van der Waals surface area contributed by atoms with E-state index in [1.807, 2.05) is 32.0 Å². The number of hydrogen-bond donors (Lipinski definition) is 1. The van der Waals surface area contributed by atoms with Crippen LogP contribution in [0.1, 0.15) is 16.7 Å². The number of carbonyl (C=O) groups excluding carboxylic acids is 1. The fourth-order valence-corrected chi connectivity index (χ4v) is 3.96. The average molecular weight is 437 g/mol. The Labute approximate surface area is 177 Å². The first-order valence-electron chi connectivity index (χ1n) is 8.44. The van der Waals surface area contributed by atoms with Gasteiger partial charge in [0, 0.05) is 10.6 Å². The number of aryl methyl sites for hydroxylation is 2. The summed E-state index contributed by atoms with van der Waals surface area (Å²) < 4.78 is 11.7. The normalized spacial score (nSPS) is 15.1. The predicted octanol–water partition coefficient (Wildman–Crippen LogP) is 5.00. The highest BCUT2D eigenvalue weighted by Gasteiger charge is 2.21. The zero-order valence-corrected chi connectivity index (χ0v) is 17.6. The third-order valence-electron chi connectivity index (χ3n) is 3.95. The Morgan fingerprint density at radius 2 is 1.75 bits per heavy atom. The Morgan fingerprint density at radius 3 is 2.36 bits per heavy atom. The lowest BCUT2D eigenvalue weighted by atomic mass is 10.1. The lowest BCUT2D eigenvalue weighted by Gasteiger charge is -2.15. The van der Waals surface area contributed by atoms with Crippen LogP contribution in [-0.2, 0) is 4.79 Å². The standard InChI is InChI=1S/C20H18Cl2N2O3S/c1-11-4-3-5-12(2)17(11)26-6-7-27-18-13(8-14(21)10-15(18)22)9-16-19(25)24-20(23)28-16/h3-5,8-10H,6-7H2,1-2H3,(H2,23,24,25)/b16-9+. The number of ether oxygens (including phenoxy) is 2. The van der Waals surface area contributed by atoms with E-state index in [1.165, 1.54) is 0 Å². The maximum atomic E-state index is 11.9. The minimum Gasteiger partial charge on any atom is -0.489 e. The number of amides is 1. The third kappa shape index (κ3) is 4.82. The fourth-order valence-electron chi connectivity index (χ4n) is 2.72. The summed E-state index contributed by atoms with van der Waals surface area (Å²) in [5, 5.41) is 0.977. The van der Waals surface area contributed by atoms with Gasteiger partial charge in [-0.05, 0) is 54.9 Å². The summed E-state index contributed by atoms with van der Waals surface area (Å²) in [6, 6.07) is 9.23. The van der Waals surface area contributed by atoms with Crippen LogP contribution >= 0.6 is 35.0 Å². The number of thioether (sulfide) groups is 1. The van der Waals surface area contributed by atoms with Gasteiger partial charge in [-0.15, -0.1) is 0 Å². The SMILES string of the molecule is Cc1cccc(C)c1OCCOc1c(Cl)cc(Cl)cc1/C=C1/SC(N)=NC1=O. The van der Waals surface area contributed by atoms with Crippen molar-refractivity contribution in [3.8, 4) is 11.5 Å². The first-order valence-corrected chi connectivity index (χ1v) is 10.0. The van der Waals surface area contributed by atoms with Gasteiger partial charge in [-0.3, -0.25) is 4.79 Å². The summed E-state index contributed by atoms with van der Waals surface area (Å²) in [7, 11) is 0. The molecule has 5 nitrogen and oxygen atoms in total. The summed E-state index contributed by atoms with van der Waals surface area (Å²) >= 11 is 13.5. The van der Waals surface area contributed by atoms with Gasteiger partial charge in [-0.1, -0.05) is 41.4 Å². The van der Waals surface area contributed by atoms with Crippen LogP contribution in [0, 0.1) is 13.8 Å². The van der Waals surface area contributed by atoms with Crippen molar-refractivity contribution in [3.05, 3.63) is 62.0 Å². The first kappa shape index (κ1) is 20.6. The molecule has 2 aromatic carbocycles. The Hall–Kier alpha value is -2.15. The fraction of sp³-hybridized carbons (Fsp3) is 0.200. The smallest absolute Gasteiger partial charge is 0.286 e. The molecule has 0 unspecified atom stereocenters. The van der Waals surface area contributed by atoms with Gasteiger partial charge < -0.3 is 15.2 Å². The number of halogens is 2. The van der Waals surface area contributed by atoms with E-state index in [0.717, 1.165) is 28.6 Å². The van der Waals surface area contributed by atoms with Gasteiger partial charge in [0.2, 0.25) is 0 Å². The van der Waals surface area contributed by atoms with Crippen molar-refractivity contribution >= 4 is 52.1 Å². The van der Waals surface area contributed by atoms with Gasteiger partial charge in [0.05, 0.1) is 9.93 Å². The van der Waals surface area contributed by atoms with Gasteiger partial charge in [-0.25, -0.2) is 0 Å². The van der Waals surface area contributed by atoms with Crippen LogP contribution in [0.25, 0.3) is 6.08 Å². The summed E-state index contributed by atoms with van der Waals surface area (Å²) in [5.74, 6) is 0.863. The highest BCUT2D eigenvalue weighted by atomic mass is 35.5. The van der Waals surface area contributed by atoms with Crippen molar-refractivity contribution in [1.82, 2.24) is 0 Å². The van der Waals surface area contributed by atoms with Crippen molar-refractivity contribution < 1.29 is 14.3 Å². The maximum Gasteiger partial charge on any atom is 0.286 e. The number of benzene rings is 2. The molecule has 1 aliphatic rings. The molecule has 0 radical (unpaired) electrons. The summed E-state index contributed by atoms with van der Waals surface area (Å²) in [5.41, 5.74) is 8.29. The largest absolute Gasteiger partial charge is 0.489 e. The van der Waals surface area contributed by atoms with Gasteiger partial charge >= 0.3 is 0 Å². The second-order valence-electron chi connectivity index (χ2n) is 6.09. The second kappa shape index (κ2) is 8.90. The molecule has 0 aromatic heterocycles. The van der Waals surface area contributed by atoms with E-state index in [2.05, 4.69) is 4.99 Å². The molecule has 0 atom stereocenters. The van der Waals surface area contributed by atoms with E-state index >= 15 is 0 Å². The summed E-state index contributed by atoms with van der Waals surface area (Å²) in [6.45, 7) is 4.59. The summed E-state index contributed by atoms with van der Waals surface area (Å²) in [6.07, 6.45) is 1.62. The molecule has 28 heavy (non-hydrogen) atoms. The Bertz CT molecular complexity index is 969. The molecular weight excluding hydrogens is 419 g/mol. The quantitative estimate of drug-likeness (QED) is 0.509. The molecule has 0 bridgehead atoms. The number of rotatable bonds is 6. The molecule has 2 N–H and O–H groups in total. The number of hydrogen-bond acceptors (Lipinski definition) is 5. The Kier molecular flexibility index (Phi) is 6.54. The van der Waals surface area contributed by atoms with Gasteiger partial charge in [0.15, 0.2) is 5.17 Å². The molecule has 8 heteroatoms. The number of nitrogens with two attached hydrogens (primary N) is 1. The minimum atomic E-state index is -0.400. The van der Waals surface area contributed by atoms with Crippen LogP contribution in [0.4, 0.5) is 0 Å². The highest BCUT2D eigenvalue weighted by molar-refractivity contribution is 8.18. The molecular formula is C20H18Cl2N2O3S. The zero-order valence-electron chi connectivity index (χ0n) is 15.3. The summed E-state index contributed by atoms with van der Waals surface area (Å²) in [4.78, 5) is 15.9. The molecule has 0 saturated heterocycles. The van der Waals surface area contributed by atoms with Crippen LogP contribution in [0.3, 0.4) is 0 Å². The van der Waals surface area contributed by atoms with Crippen molar-refractivity contribution in [1.29, 1.82) is 0 Å². The Morgan fingerprint density at radius 1 is 1.11 bits per heavy atom. The van der Waals surface area contributed by atoms with Gasteiger partial charge in [0.1, 0.15) is 24.7 Å². The average Bonchev–Trinajstić information content (AvgIpc) is 2.92. The molecule has 1 heterocycles. The van der Waals surface area contributed by atoms with E-state index in [4.69, 9.17) is 38.4 Å².